The highest BCUT2D eigenvalue weighted by Crippen LogP contribution is 2.16. The number of aliphatic hydroxyl groups is 1. The lowest BCUT2D eigenvalue weighted by Crippen LogP contribution is -2.06. The third-order valence-corrected chi connectivity index (χ3v) is 2.14. The Morgan fingerprint density at radius 1 is 1.62 bits per heavy atom. The molecule has 0 bridgehead atoms. The van der Waals surface area contributed by atoms with Gasteiger partial charge in [0.25, 0.3) is 0 Å². The molecule has 1 heterocycles. The van der Waals surface area contributed by atoms with Gasteiger partial charge in [0.1, 0.15) is 11.5 Å². The average molecular weight is 224 g/mol. The Kier molecular flexibility index (Phi) is 4.31. The SMILES string of the molecule is COc1cc(/C=C/CC(C)O)oc(=O)c1C. The van der Waals surface area contributed by atoms with Gasteiger partial charge >= 0.3 is 5.63 Å². The molecular formula is C12H16O4. The first-order chi connectivity index (χ1) is 7.54. The van der Waals surface area contributed by atoms with E-state index >= 15 is 0 Å². The summed E-state index contributed by atoms with van der Waals surface area (Å²) in [5.74, 6) is 0.932. The number of ether oxygens (including phenoxy) is 1. The first kappa shape index (κ1) is 12.5. The molecule has 1 aromatic heterocycles. The molecule has 0 fully saturated rings. The molecule has 0 amide bonds. The normalized spacial score (nSPS) is 13.0. The second-order valence-corrected chi connectivity index (χ2v) is 3.62. The van der Waals surface area contributed by atoms with E-state index in [1.54, 1.807) is 32.1 Å². The van der Waals surface area contributed by atoms with Crippen LogP contribution in [0.5, 0.6) is 5.75 Å². The Morgan fingerprint density at radius 3 is 2.88 bits per heavy atom. The zero-order valence-electron chi connectivity index (χ0n) is 9.69. The van der Waals surface area contributed by atoms with E-state index in [9.17, 15) is 4.79 Å². The van der Waals surface area contributed by atoms with E-state index in [0.717, 1.165) is 0 Å². The van der Waals surface area contributed by atoms with Gasteiger partial charge in [-0.25, -0.2) is 4.79 Å². The maximum Gasteiger partial charge on any atom is 0.342 e. The number of hydrogen-bond donors (Lipinski definition) is 1. The minimum atomic E-state index is -0.407. The molecule has 1 atom stereocenters. The number of aliphatic hydroxyl groups excluding tert-OH is 1. The van der Waals surface area contributed by atoms with E-state index in [1.165, 1.54) is 7.11 Å². The fourth-order valence-corrected chi connectivity index (χ4v) is 1.23. The fourth-order valence-electron chi connectivity index (χ4n) is 1.23. The van der Waals surface area contributed by atoms with Crippen LogP contribution in [-0.4, -0.2) is 18.3 Å². The Hall–Kier alpha value is -1.55. The lowest BCUT2D eigenvalue weighted by molar-refractivity contribution is 0.198. The molecule has 0 spiro atoms. The van der Waals surface area contributed by atoms with Gasteiger partial charge in [-0.05, 0) is 26.3 Å². The van der Waals surface area contributed by atoms with Crippen LogP contribution in [-0.2, 0) is 0 Å². The molecule has 1 unspecified atom stereocenters. The van der Waals surface area contributed by atoms with Crippen molar-refractivity contribution in [2.45, 2.75) is 26.4 Å². The van der Waals surface area contributed by atoms with E-state index < -0.39 is 11.7 Å². The van der Waals surface area contributed by atoms with Gasteiger partial charge in [0.05, 0.1) is 18.8 Å². The van der Waals surface area contributed by atoms with Gasteiger partial charge in [0.2, 0.25) is 0 Å². The van der Waals surface area contributed by atoms with Crippen molar-refractivity contribution in [1.82, 2.24) is 0 Å². The summed E-state index contributed by atoms with van der Waals surface area (Å²) in [6.07, 6.45) is 3.50. The Balaban J connectivity index is 2.94. The maximum atomic E-state index is 11.4. The van der Waals surface area contributed by atoms with Crippen molar-refractivity contribution >= 4 is 6.08 Å². The quantitative estimate of drug-likeness (QED) is 0.846. The lowest BCUT2D eigenvalue weighted by Gasteiger charge is -2.03. The molecule has 4 nitrogen and oxygen atoms in total. The molecule has 88 valence electrons. The van der Waals surface area contributed by atoms with Crippen LogP contribution in [0.3, 0.4) is 0 Å². The zero-order valence-corrected chi connectivity index (χ0v) is 9.69. The standard InChI is InChI=1S/C12H16O4/c1-8(13)5-4-6-10-7-11(15-3)9(2)12(14)16-10/h4,6-8,13H,5H2,1-3H3/b6-4+. The summed E-state index contributed by atoms with van der Waals surface area (Å²) in [5.41, 5.74) is 0.0474. The van der Waals surface area contributed by atoms with Gasteiger partial charge in [0.15, 0.2) is 0 Å². The van der Waals surface area contributed by atoms with Crippen molar-refractivity contribution in [1.29, 1.82) is 0 Å². The van der Waals surface area contributed by atoms with Crippen LogP contribution < -0.4 is 10.4 Å². The van der Waals surface area contributed by atoms with Gasteiger partial charge in [0, 0.05) is 6.07 Å². The summed E-state index contributed by atoms with van der Waals surface area (Å²) in [4.78, 5) is 11.4. The topological polar surface area (TPSA) is 59.7 Å². The predicted molar refractivity (Wildman–Crippen MR) is 61.6 cm³/mol. The van der Waals surface area contributed by atoms with Crippen molar-refractivity contribution in [2.24, 2.45) is 0 Å². The summed E-state index contributed by atoms with van der Waals surface area (Å²) in [7, 11) is 1.51. The van der Waals surface area contributed by atoms with Gasteiger partial charge in [-0.3, -0.25) is 0 Å². The van der Waals surface area contributed by atoms with Crippen LogP contribution in [0.25, 0.3) is 6.08 Å². The molecule has 0 radical (unpaired) electrons. The molecule has 16 heavy (non-hydrogen) atoms. The van der Waals surface area contributed by atoms with Crippen molar-refractivity contribution in [3.05, 3.63) is 33.9 Å². The van der Waals surface area contributed by atoms with Crippen LogP contribution in [0.4, 0.5) is 0 Å². The molecule has 4 heteroatoms. The van der Waals surface area contributed by atoms with E-state index in [1.807, 2.05) is 0 Å². The van der Waals surface area contributed by atoms with E-state index in [4.69, 9.17) is 14.3 Å². The summed E-state index contributed by atoms with van der Waals surface area (Å²) in [6, 6.07) is 1.65. The van der Waals surface area contributed by atoms with E-state index in [2.05, 4.69) is 0 Å². The summed E-state index contributed by atoms with van der Waals surface area (Å²) in [5, 5.41) is 9.06. The van der Waals surface area contributed by atoms with Gasteiger partial charge < -0.3 is 14.3 Å². The highest BCUT2D eigenvalue weighted by Gasteiger charge is 2.05. The smallest absolute Gasteiger partial charge is 0.342 e. The van der Waals surface area contributed by atoms with Crippen molar-refractivity contribution < 1.29 is 14.3 Å². The molecule has 1 aromatic rings. The molecule has 0 aliphatic carbocycles. The molecule has 0 saturated carbocycles. The van der Waals surface area contributed by atoms with Crippen molar-refractivity contribution in [3.63, 3.8) is 0 Å². The minimum absolute atomic E-state index is 0.406. The minimum Gasteiger partial charge on any atom is -0.496 e. The summed E-state index contributed by atoms with van der Waals surface area (Å²) < 4.78 is 10.1. The second-order valence-electron chi connectivity index (χ2n) is 3.62. The summed E-state index contributed by atoms with van der Waals surface area (Å²) in [6.45, 7) is 3.34. The highest BCUT2D eigenvalue weighted by atomic mass is 16.5. The molecule has 0 aliphatic heterocycles. The van der Waals surface area contributed by atoms with Crippen LogP contribution in [0.15, 0.2) is 21.4 Å². The van der Waals surface area contributed by atoms with Crippen LogP contribution >= 0.6 is 0 Å². The van der Waals surface area contributed by atoms with Crippen LogP contribution in [0, 0.1) is 6.92 Å². The van der Waals surface area contributed by atoms with Crippen molar-refractivity contribution in [2.75, 3.05) is 7.11 Å². The third-order valence-electron chi connectivity index (χ3n) is 2.14. The first-order valence-corrected chi connectivity index (χ1v) is 5.08. The number of hydrogen-bond acceptors (Lipinski definition) is 4. The van der Waals surface area contributed by atoms with Crippen LogP contribution in [0.1, 0.15) is 24.7 Å². The van der Waals surface area contributed by atoms with Crippen LogP contribution in [0.2, 0.25) is 0 Å². The monoisotopic (exact) mass is 224 g/mol. The van der Waals surface area contributed by atoms with Crippen molar-refractivity contribution in [3.8, 4) is 5.75 Å². The predicted octanol–water partition coefficient (Wildman–Crippen LogP) is 1.74. The molecular weight excluding hydrogens is 208 g/mol. The molecule has 1 N–H and O–H groups in total. The van der Waals surface area contributed by atoms with Gasteiger partial charge in [-0.1, -0.05) is 6.08 Å². The summed E-state index contributed by atoms with van der Waals surface area (Å²) >= 11 is 0. The van der Waals surface area contributed by atoms with E-state index in [0.29, 0.717) is 23.5 Å². The molecule has 0 aliphatic rings. The molecule has 0 saturated heterocycles. The van der Waals surface area contributed by atoms with Gasteiger partial charge in [-0.15, -0.1) is 0 Å². The molecule has 0 aromatic carbocycles. The third kappa shape index (κ3) is 3.24. The molecule has 1 rings (SSSR count). The average Bonchev–Trinajstić information content (AvgIpc) is 2.22. The first-order valence-electron chi connectivity index (χ1n) is 5.08. The Bertz CT molecular complexity index is 429. The maximum absolute atomic E-state index is 11.4. The zero-order chi connectivity index (χ0) is 12.1. The largest absolute Gasteiger partial charge is 0.496 e. The second kappa shape index (κ2) is 5.51. The van der Waals surface area contributed by atoms with E-state index in [-0.39, 0.29) is 0 Å². The number of methoxy groups -OCH3 is 1. The lowest BCUT2D eigenvalue weighted by atomic mass is 10.2. The number of rotatable bonds is 4. The Labute approximate surface area is 94.2 Å². The fraction of sp³-hybridized carbons (Fsp3) is 0.417. The highest BCUT2D eigenvalue weighted by molar-refractivity contribution is 5.46. The Morgan fingerprint density at radius 2 is 2.31 bits per heavy atom. The van der Waals surface area contributed by atoms with Gasteiger partial charge in [-0.2, -0.15) is 0 Å².